The SMILES string of the molecule is CC(C(=O)O)c1ccc(-c2cc(N[C@H](C)c3ccc4ccccc4c3)nc(C(F)(F)F)n2)cc1. The molecule has 2 N–H and O–H groups in total. The van der Waals surface area contributed by atoms with Gasteiger partial charge in [0.25, 0.3) is 0 Å². The van der Waals surface area contributed by atoms with Crippen LogP contribution in [0, 0.1) is 0 Å². The van der Waals surface area contributed by atoms with Gasteiger partial charge in [0.1, 0.15) is 5.82 Å². The van der Waals surface area contributed by atoms with Crippen molar-refractivity contribution >= 4 is 22.6 Å². The molecule has 2 atom stereocenters. The quantitative estimate of drug-likeness (QED) is 0.332. The molecule has 0 fully saturated rings. The first-order valence-corrected chi connectivity index (χ1v) is 10.7. The summed E-state index contributed by atoms with van der Waals surface area (Å²) < 4.78 is 40.6. The number of fused-ring (bicyclic) bond motifs is 1. The van der Waals surface area contributed by atoms with E-state index in [2.05, 4.69) is 15.3 Å². The number of rotatable bonds is 6. The molecule has 0 aliphatic rings. The Kier molecular flexibility index (Phi) is 6.24. The summed E-state index contributed by atoms with van der Waals surface area (Å²) in [4.78, 5) is 18.6. The topological polar surface area (TPSA) is 75.1 Å². The maximum atomic E-state index is 13.5. The minimum absolute atomic E-state index is 0.0426. The fraction of sp³-hybridized carbons (Fsp3) is 0.192. The lowest BCUT2D eigenvalue weighted by molar-refractivity contribution is -0.144. The van der Waals surface area contributed by atoms with Crippen molar-refractivity contribution in [2.75, 3.05) is 5.32 Å². The normalized spacial score (nSPS) is 13.4. The number of alkyl halides is 3. The number of halogens is 3. The van der Waals surface area contributed by atoms with E-state index in [-0.39, 0.29) is 17.6 Å². The fourth-order valence-electron chi connectivity index (χ4n) is 3.66. The molecule has 0 saturated carbocycles. The minimum atomic E-state index is -4.73. The molecule has 4 aromatic rings. The average molecular weight is 465 g/mol. The Bertz CT molecular complexity index is 1340. The summed E-state index contributed by atoms with van der Waals surface area (Å²) in [6.45, 7) is 3.39. The minimum Gasteiger partial charge on any atom is -0.481 e. The van der Waals surface area contributed by atoms with Crippen molar-refractivity contribution in [3.63, 3.8) is 0 Å². The smallest absolute Gasteiger partial charge is 0.451 e. The van der Waals surface area contributed by atoms with Gasteiger partial charge in [-0.25, -0.2) is 9.97 Å². The summed E-state index contributed by atoms with van der Waals surface area (Å²) in [5.74, 6) is -2.92. The molecule has 4 rings (SSSR count). The van der Waals surface area contributed by atoms with Crippen LogP contribution in [0.25, 0.3) is 22.0 Å². The van der Waals surface area contributed by atoms with Crippen molar-refractivity contribution in [2.45, 2.75) is 32.0 Å². The van der Waals surface area contributed by atoms with Crippen LogP contribution in [0.1, 0.15) is 42.8 Å². The highest BCUT2D eigenvalue weighted by Crippen LogP contribution is 2.32. The predicted octanol–water partition coefficient (Wildman–Crippen LogP) is 6.68. The molecule has 0 bridgehead atoms. The van der Waals surface area contributed by atoms with Crippen LogP contribution in [-0.2, 0) is 11.0 Å². The van der Waals surface area contributed by atoms with Crippen molar-refractivity contribution in [1.82, 2.24) is 9.97 Å². The van der Waals surface area contributed by atoms with Crippen LogP contribution in [0.2, 0.25) is 0 Å². The zero-order valence-corrected chi connectivity index (χ0v) is 18.5. The highest BCUT2D eigenvalue weighted by atomic mass is 19.4. The third kappa shape index (κ3) is 5.01. The Morgan fingerprint density at radius 2 is 1.53 bits per heavy atom. The molecule has 1 heterocycles. The number of nitrogens with zero attached hydrogens (tertiary/aromatic N) is 2. The molecule has 0 aliphatic heterocycles. The second-order valence-electron chi connectivity index (χ2n) is 8.11. The van der Waals surface area contributed by atoms with Gasteiger partial charge in [-0.15, -0.1) is 0 Å². The van der Waals surface area contributed by atoms with Gasteiger partial charge in [0.15, 0.2) is 0 Å². The number of hydrogen-bond acceptors (Lipinski definition) is 4. The Morgan fingerprint density at radius 1 is 0.882 bits per heavy atom. The number of carboxylic acids is 1. The Labute approximate surface area is 194 Å². The predicted molar refractivity (Wildman–Crippen MR) is 125 cm³/mol. The van der Waals surface area contributed by atoms with E-state index in [1.807, 2.05) is 49.4 Å². The van der Waals surface area contributed by atoms with E-state index in [1.54, 1.807) is 31.2 Å². The van der Waals surface area contributed by atoms with Crippen LogP contribution in [0.3, 0.4) is 0 Å². The summed E-state index contributed by atoms with van der Waals surface area (Å²) in [5, 5.41) is 14.3. The van der Waals surface area contributed by atoms with Crippen molar-refractivity contribution in [3.8, 4) is 11.3 Å². The molecule has 0 spiro atoms. The van der Waals surface area contributed by atoms with E-state index in [9.17, 15) is 18.0 Å². The van der Waals surface area contributed by atoms with Gasteiger partial charge in [0.05, 0.1) is 11.6 Å². The van der Waals surface area contributed by atoms with Gasteiger partial charge >= 0.3 is 12.1 Å². The molecule has 1 unspecified atom stereocenters. The lowest BCUT2D eigenvalue weighted by atomic mass is 9.99. The fourth-order valence-corrected chi connectivity index (χ4v) is 3.66. The zero-order valence-electron chi connectivity index (χ0n) is 18.5. The van der Waals surface area contributed by atoms with Gasteiger partial charge in [-0.3, -0.25) is 4.79 Å². The molecule has 3 aromatic carbocycles. The summed E-state index contributed by atoms with van der Waals surface area (Å²) in [6.07, 6.45) is -4.73. The van der Waals surface area contributed by atoms with Gasteiger partial charge in [-0.1, -0.05) is 60.7 Å². The van der Waals surface area contributed by atoms with Crippen molar-refractivity contribution < 1.29 is 23.1 Å². The van der Waals surface area contributed by atoms with Crippen LogP contribution in [0.15, 0.2) is 72.8 Å². The van der Waals surface area contributed by atoms with Gasteiger partial charge in [0, 0.05) is 17.7 Å². The van der Waals surface area contributed by atoms with Crippen molar-refractivity contribution in [1.29, 1.82) is 0 Å². The van der Waals surface area contributed by atoms with E-state index in [1.165, 1.54) is 6.07 Å². The van der Waals surface area contributed by atoms with Gasteiger partial charge in [0.2, 0.25) is 5.82 Å². The van der Waals surface area contributed by atoms with Crippen LogP contribution < -0.4 is 5.32 Å². The lowest BCUT2D eigenvalue weighted by Crippen LogP contribution is -2.15. The summed E-state index contributed by atoms with van der Waals surface area (Å²) >= 11 is 0. The zero-order chi connectivity index (χ0) is 24.5. The van der Waals surface area contributed by atoms with Crippen LogP contribution >= 0.6 is 0 Å². The standard InChI is InChI=1S/C26H22F3N3O2/c1-15(24(33)34)17-7-10-19(11-8-17)22-14-23(32-25(31-22)26(27,28)29)30-16(2)20-12-9-18-5-3-4-6-21(18)13-20/h3-16H,1-2H3,(H,33,34)(H,30,31,32)/t15?,16-/m1/s1. The maximum absolute atomic E-state index is 13.5. The molecule has 1 aromatic heterocycles. The van der Waals surface area contributed by atoms with E-state index < -0.39 is 23.9 Å². The number of carbonyl (C=O) groups is 1. The van der Waals surface area contributed by atoms with E-state index in [4.69, 9.17) is 5.11 Å². The Morgan fingerprint density at radius 3 is 2.18 bits per heavy atom. The number of anilines is 1. The molecular formula is C26H22F3N3O2. The number of hydrogen-bond donors (Lipinski definition) is 2. The van der Waals surface area contributed by atoms with Gasteiger partial charge < -0.3 is 10.4 Å². The maximum Gasteiger partial charge on any atom is 0.451 e. The van der Waals surface area contributed by atoms with E-state index in [0.717, 1.165) is 16.3 Å². The van der Waals surface area contributed by atoms with Crippen molar-refractivity contribution in [3.05, 3.63) is 89.7 Å². The summed E-state index contributed by atoms with van der Waals surface area (Å²) in [7, 11) is 0. The van der Waals surface area contributed by atoms with Crippen LogP contribution in [0.4, 0.5) is 19.0 Å². The second kappa shape index (κ2) is 9.13. The molecular weight excluding hydrogens is 443 g/mol. The molecule has 8 heteroatoms. The number of nitrogens with one attached hydrogen (secondary N) is 1. The Balaban J connectivity index is 1.67. The Hall–Kier alpha value is -3.94. The van der Waals surface area contributed by atoms with Gasteiger partial charge in [-0.2, -0.15) is 13.2 Å². The number of aromatic nitrogens is 2. The number of benzene rings is 3. The molecule has 34 heavy (non-hydrogen) atoms. The highest BCUT2D eigenvalue weighted by molar-refractivity contribution is 5.83. The van der Waals surface area contributed by atoms with Crippen LogP contribution in [0.5, 0.6) is 0 Å². The third-order valence-electron chi connectivity index (χ3n) is 5.69. The first-order valence-electron chi connectivity index (χ1n) is 10.7. The first-order chi connectivity index (χ1) is 16.1. The molecule has 0 saturated heterocycles. The summed E-state index contributed by atoms with van der Waals surface area (Å²) in [6, 6.07) is 21.2. The average Bonchev–Trinajstić information content (AvgIpc) is 2.82. The lowest BCUT2D eigenvalue weighted by Gasteiger charge is -2.18. The monoisotopic (exact) mass is 465 g/mol. The molecule has 0 aliphatic carbocycles. The largest absolute Gasteiger partial charge is 0.481 e. The molecule has 174 valence electrons. The third-order valence-corrected chi connectivity index (χ3v) is 5.69. The number of aliphatic carboxylic acids is 1. The first kappa shape index (κ1) is 23.2. The van der Waals surface area contributed by atoms with Gasteiger partial charge in [-0.05, 0) is 41.8 Å². The molecule has 0 radical (unpaired) electrons. The summed E-state index contributed by atoms with van der Waals surface area (Å²) in [5.41, 5.74) is 1.96. The van der Waals surface area contributed by atoms with Crippen LogP contribution in [-0.4, -0.2) is 21.0 Å². The highest BCUT2D eigenvalue weighted by Gasteiger charge is 2.35. The van der Waals surface area contributed by atoms with E-state index >= 15 is 0 Å². The van der Waals surface area contributed by atoms with E-state index in [0.29, 0.717) is 11.1 Å². The van der Waals surface area contributed by atoms with Crippen molar-refractivity contribution in [2.24, 2.45) is 0 Å². The molecule has 0 amide bonds. The number of carboxylic acid groups (broad SMARTS) is 1. The molecule has 5 nitrogen and oxygen atoms in total. The second-order valence-corrected chi connectivity index (χ2v) is 8.11.